The maximum atomic E-state index is 12.8. The highest BCUT2D eigenvalue weighted by Crippen LogP contribution is 2.52. The molecule has 0 spiro atoms. The molecule has 0 aliphatic carbocycles. The van der Waals surface area contributed by atoms with Crippen LogP contribution in [0.15, 0.2) is 18.2 Å². The van der Waals surface area contributed by atoms with Crippen molar-refractivity contribution in [3.05, 3.63) is 32.5 Å². The molecule has 0 N–H and O–H groups in total. The Hall–Kier alpha value is -0.750. The number of hydrogen-bond acceptors (Lipinski definition) is 4. The number of fused-ring (bicyclic) bond motifs is 3. The Kier molecular flexibility index (Phi) is 3.96. The van der Waals surface area contributed by atoms with Crippen molar-refractivity contribution in [2.75, 3.05) is 4.90 Å². The lowest BCUT2D eigenvalue weighted by molar-refractivity contribution is -0.119. The second-order valence-electron chi connectivity index (χ2n) is 6.03. The Bertz CT molecular complexity index is 819. The zero-order valence-electron chi connectivity index (χ0n) is 12.8. The van der Waals surface area contributed by atoms with Gasteiger partial charge < -0.3 is 0 Å². The number of carbonyl (C=O) groups excluding carboxylic acids is 1. The minimum Gasteiger partial charge on any atom is -0.300 e. The number of rotatable bonds is 1. The zero-order chi connectivity index (χ0) is 16.2. The van der Waals surface area contributed by atoms with Gasteiger partial charge >= 0.3 is 0 Å². The number of halogens is 1. The van der Waals surface area contributed by atoms with Gasteiger partial charge in [-0.15, -0.1) is 11.6 Å². The van der Waals surface area contributed by atoms with E-state index in [1.54, 1.807) is 27.6 Å². The highest BCUT2D eigenvalue weighted by Gasteiger charge is 2.43. The van der Waals surface area contributed by atoms with E-state index < -0.39 is 10.9 Å². The molecule has 1 atom stereocenters. The second-order valence-corrected chi connectivity index (χ2v) is 9.50. The topological polar surface area (TPSA) is 20.3 Å². The maximum Gasteiger partial charge on any atom is 0.245 e. The Labute approximate surface area is 147 Å². The lowest BCUT2D eigenvalue weighted by Crippen LogP contribution is -2.50. The summed E-state index contributed by atoms with van der Waals surface area (Å²) < 4.78 is 0.894. The smallest absolute Gasteiger partial charge is 0.245 e. The van der Waals surface area contributed by atoms with Crippen molar-refractivity contribution in [1.82, 2.24) is 0 Å². The van der Waals surface area contributed by atoms with Crippen molar-refractivity contribution < 1.29 is 4.79 Å². The van der Waals surface area contributed by atoms with Crippen molar-refractivity contribution in [2.24, 2.45) is 0 Å². The summed E-state index contributed by atoms with van der Waals surface area (Å²) in [6.45, 7) is 7.89. The van der Waals surface area contributed by atoms with E-state index in [-0.39, 0.29) is 5.91 Å². The molecule has 0 saturated carbocycles. The number of alkyl halides is 1. The van der Waals surface area contributed by atoms with Gasteiger partial charge in [-0.2, -0.15) is 0 Å². The summed E-state index contributed by atoms with van der Waals surface area (Å²) in [5.41, 5.74) is 3.76. The van der Waals surface area contributed by atoms with E-state index >= 15 is 0 Å². The maximum absolute atomic E-state index is 12.8. The molecule has 1 aliphatic rings. The summed E-state index contributed by atoms with van der Waals surface area (Å²) in [5, 5.41) is -0.568. The average molecular weight is 370 g/mol. The Balaban J connectivity index is 2.37. The van der Waals surface area contributed by atoms with E-state index in [0.717, 1.165) is 31.1 Å². The fraction of sp³-hybridized carbons (Fsp3) is 0.375. The highest BCUT2D eigenvalue weighted by atomic mass is 35.5. The number of anilines is 1. The van der Waals surface area contributed by atoms with Crippen LogP contribution in [0, 0.1) is 10.7 Å². The van der Waals surface area contributed by atoms with Crippen LogP contribution < -0.4 is 4.90 Å². The zero-order valence-corrected chi connectivity index (χ0v) is 16.0. The first kappa shape index (κ1) is 16.1. The third kappa shape index (κ3) is 2.26. The summed E-state index contributed by atoms with van der Waals surface area (Å²) >= 11 is 11.7. The molecule has 1 aliphatic heterocycles. The van der Waals surface area contributed by atoms with Crippen LogP contribution in [0.5, 0.6) is 0 Å². The minimum absolute atomic E-state index is 0.0771. The largest absolute Gasteiger partial charge is 0.300 e. The normalized spacial score (nSPS) is 16.9. The molecule has 22 heavy (non-hydrogen) atoms. The highest BCUT2D eigenvalue weighted by molar-refractivity contribution is 7.80. The Morgan fingerprint density at radius 3 is 2.68 bits per heavy atom. The average Bonchev–Trinajstić information content (AvgIpc) is 2.82. The number of nitrogens with zero attached hydrogens (tertiary/aromatic N) is 1. The number of aryl methyl sites for hydroxylation is 1. The van der Waals surface area contributed by atoms with Gasteiger partial charge in [-0.1, -0.05) is 44.5 Å². The van der Waals surface area contributed by atoms with E-state index in [4.69, 9.17) is 23.8 Å². The molecule has 3 rings (SSSR count). The first-order chi connectivity index (χ1) is 10.2. The van der Waals surface area contributed by atoms with Gasteiger partial charge in [0.1, 0.15) is 9.20 Å². The lowest BCUT2D eigenvalue weighted by atomic mass is 9.86. The summed E-state index contributed by atoms with van der Waals surface area (Å²) in [4.78, 5) is 15.7. The Morgan fingerprint density at radius 2 is 2.05 bits per heavy atom. The molecule has 1 amide bonds. The number of benzene rings is 1. The third-order valence-electron chi connectivity index (χ3n) is 3.97. The van der Waals surface area contributed by atoms with Crippen molar-refractivity contribution in [1.29, 1.82) is 0 Å². The second kappa shape index (κ2) is 5.41. The molecule has 0 saturated heterocycles. The predicted octanol–water partition coefficient (Wildman–Crippen LogP) is 5.72. The predicted molar refractivity (Wildman–Crippen MR) is 99.0 cm³/mol. The van der Waals surface area contributed by atoms with Gasteiger partial charge in [-0.25, -0.2) is 0 Å². The van der Waals surface area contributed by atoms with Crippen LogP contribution in [-0.2, 0) is 10.3 Å². The Morgan fingerprint density at radius 1 is 1.36 bits per heavy atom. The van der Waals surface area contributed by atoms with Crippen molar-refractivity contribution in [3.63, 3.8) is 0 Å². The van der Waals surface area contributed by atoms with Crippen LogP contribution in [0.2, 0.25) is 0 Å². The van der Waals surface area contributed by atoms with Crippen molar-refractivity contribution in [2.45, 2.75) is 38.6 Å². The van der Waals surface area contributed by atoms with E-state index in [2.05, 4.69) is 26.8 Å². The van der Waals surface area contributed by atoms with Crippen LogP contribution >= 0.6 is 44.5 Å². The van der Waals surface area contributed by atoms with Gasteiger partial charge in [-0.3, -0.25) is 9.69 Å². The molecular weight excluding hydrogens is 354 g/mol. The molecule has 1 aromatic carbocycles. The fourth-order valence-electron chi connectivity index (χ4n) is 2.92. The molecule has 0 fully saturated rings. The van der Waals surface area contributed by atoms with Gasteiger partial charge in [0.25, 0.3) is 0 Å². The first-order valence-electron chi connectivity index (χ1n) is 6.98. The summed E-state index contributed by atoms with van der Waals surface area (Å²) in [7, 11) is 3.26. The molecule has 0 unspecified atom stereocenters. The molecule has 2 nitrogen and oxygen atoms in total. The molecule has 2 heterocycles. The van der Waals surface area contributed by atoms with E-state index in [0.29, 0.717) is 0 Å². The molecule has 2 aromatic rings. The monoisotopic (exact) mass is 369 g/mol. The van der Waals surface area contributed by atoms with Crippen LogP contribution in [0.25, 0.3) is 11.1 Å². The van der Waals surface area contributed by atoms with Crippen LogP contribution in [0.3, 0.4) is 0 Å². The lowest BCUT2D eigenvalue weighted by Gasteiger charge is -2.43. The summed E-state index contributed by atoms with van der Waals surface area (Å²) in [6.07, 6.45) is 0. The van der Waals surface area contributed by atoms with Gasteiger partial charge in [0.15, 0.2) is 0 Å². The van der Waals surface area contributed by atoms with Crippen molar-refractivity contribution in [3.8, 4) is 11.1 Å². The number of carbonyl (C=O) groups is 1. The van der Waals surface area contributed by atoms with Gasteiger partial charge in [0.05, 0.1) is 16.1 Å². The number of hydrogen-bond donors (Lipinski definition) is 0. The van der Waals surface area contributed by atoms with Crippen molar-refractivity contribution >= 4 is 56.1 Å². The van der Waals surface area contributed by atoms with Crippen LogP contribution in [0.4, 0.5) is 5.69 Å². The van der Waals surface area contributed by atoms with Gasteiger partial charge in [0.2, 0.25) is 5.91 Å². The summed E-state index contributed by atoms with van der Waals surface area (Å²) in [6, 6.07) is 6.14. The molecule has 1 aromatic heterocycles. The van der Waals surface area contributed by atoms with E-state index in [1.807, 2.05) is 17.0 Å². The molecular formula is C16H16ClNOS3. The SMILES string of the molecule is Cc1ccc2c(c1)-c1c(ssc1=S)C(C)(C)N2C(=O)[C@H](C)Cl. The van der Waals surface area contributed by atoms with Crippen LogP contribution in [0.1, 0.15) is 31.2 Å². The van der Waals surface area contributed by atoms with E-state index in [9.17, 15) is 4.79 Å². The van der Waals surface area contributed by atoms with Gasteiger partial charge in [-0.05, 0) is 39.8 Å². The fourth-order valence-corrected chi connectivity index (χ4v) is 6.29. The first-order valence-corrected chi connectivity index (χ1v) is 9.97. The third-order valence-corrected chi connectivity index (χ3v) is 7.49. The van der Waals surface area contributed by atoms with Crippen LogP contribution in [-0.4, -0.2) is 11.3 Å². The molecule has 116 valence electrons. The molecule has 0 radical (unpaired) electrons. The summed E-state index contributed by atoms with van der Waals surface area (Å²) in [5.74, 6) is -0.0771. The molecule has 6 heteroatoms. The number of amides is 1. The molecule has 0 bridgehead atoms. The minimum atomic E-state index is -0.568. The van der Waals surface area contributed by atoms with Gasteiger partial charge in [0, 0.05) is 11.1 Å². The van der Waals surface area contributed by atoms with E-state index in [1.165, 1.54) is 0 Å². The standard InChI is InChI=1S/C16H16ClNOS3/c1-8-5-6-11-10(7-8)12-13(21-22-15(12)20)16(3,4)18(11)14(19)9(2)17/h5-7,9H,1-4H3/t9-/m0/s1. The quantitative estimate of drug-likeness (QED) is 0.364.